The number of halogens is 2. The van der Waals surface area contributed by atoms with Gasteiger partial charge in [-0.1, -0.05) is 23.2 Å². The Balaban J connectivity index is 1.90. The van der Waals surface area contributed by atoms with Crippen molar-refractivity contribution in [3.63, 3.8) is 0 Å². The molecule has 130 valence electrons. The van der Waals surface area contributed by atoms with E-state index in [9.17, 15) is 8.42 Å². The molecule has 1 aliphatic rings. The second-order valence-electron chi connectivity index (χ2n) is 5.65. The molecular formula is C16H17Cl2NO3S2. The van der Waals surface area contributed by atoms with E-state index in [1.54, 1.807) is 36.4 Å². The van der Waals surface area contributed by atoms with Crippen molar-refractivity contribution in [2.45, 2.75) is 18.1 Å². The van der Waals surface area contributed by atoms with Gasteiger partial charge in [0.25, 0.3) is 0 Å². The predicted molar refractivity (Wildman–Crippen MR) is 101 cm³/mol. The van der Waals surface area contributed by atoms with Crippen LogP contribution in [0, 0.1) is 0 Å². The molecule has 8 heteroatoms. The molecular weight excluding hydrogens is 389 g/mol. The first-order valence-electron chi connectivity index (χ1n) is 7.40. The van der Waals surface area contributed by atoms with Crippen molar-refractivity contribution in [1.82, 2.24) is 4.98 Å². The van der Waals surface area contributed by atoms with Crippen molar-refractivity contribution in [1.29, 1.82) is 0 Å². The van der Waals surface area contributed by atoms with Crippen molar-refractivity contribution in [3.8, 4) is 11.6 Å². The first-order valence-corrected chi connectivity index (χ1v) is 12.3. The fourth-order valence-corrected chi connectivity index (χ4v) is 9.17. The molecule has 0 amide bonds. The van der Waals surface area contributed by atoms with Crippen molar-refractivity contribution >= 4 is 42.0 Å². The summed E-state index contributed by atoms with van der Waals surface area (Å²) in [5, 5.41) is 0.904. The van der Waals surface area contributed by atoms with Gasteiger partial charge < -0.3 is 4.74 Å². The SMILES string of the molecule is CS(=O)(=O)[SH]1CCCC1c1cc(Cl)nc(Oc2ccc(Cl)cc2)c1. The van der Waals surface area contributed by atoms with Crippen LogP contribution >= 0.6 is 33.1 Å². The molecule has 1 saturated heterocycles. The highest BCUT2D eigenvalue weighted by molar-refractivity contribution is 8.80. The van der Waals surface area contributed by atoms with Gasteiger partial charge >= 0.3 is 0 Å². The summed E-state index contributed by atoms with van der Waals surface area (Å²) >= 11 is 12.0. The van der Waals surface area contributed by atoms with Crippen LogP contribution in [-0.2, 0) is 8.87 Å². The molecule has 4 nitrogen and oxygen atoms in total. The lowest BCUT2D eigenvalue weighted by atomic mass is 10.1. The van der Waals surface area contributed by atoms with Gasteiger partial charge in [0.15, 0.2) is 8.87 Å². The number of benzene rings is 1. The van der Waals surface area contributed by atoms with E-state index in [1.165, 1.54) is 6.26 Å². The highest BCUT2D eigenvalue weighted by atomic mass is 35.5. The van der Waals surface area contributed by atoms with Crippen LogP contribution in [0.4, 0.5) is 0 Å². The highest BCUT2D eigenvalue weighted by Crippen LogP contribution is 2.56. The lowest BCUT2D eigenvalue weighted by Gasteiger charge is -2.22. The van der Waals surface area contributed by atoms with E-state index in [-0.39, 0.29) is 5.25 Å². The van der Waals surface area contributed by atoms with Crippen molar-refractivity contribution in [3.05, 3.63) is 52.1 Å². The molecule has 2 unspecified atom stereocenters. The Labute approximate surface area is 153 Å². The number of hydrogen-bond acceptors (Lipinski definition) is 4. The number of nitrogens with zero attached hydrogens (tertiary/aromatic N) is 1. The summed E-state index contributed by atoms with van der Waals surface area (Å²) in [6, 6.07) is 10.5. The minimum absolute atomic E-state index is 0.0110. The van der Waals surface area contributed by atoms with Gasteiger partial charge in [0, 0.05) is 22.6 Å². The Morgan fingerprint density at radius 1 is 1.21 bits per heavy atom. The van der Waals surface area contributed by atoms with Crippen LogP contribution in [-0.4, -0.2) is 25.4 Å². The fraction of sp³-hybridized carbons (Fsp3) is 0.312. The molecule has 0 aliphatic carbocycles. The average Bonchev–Trinajstić information content (AvgIpc) is 2.99. The minimum atomic E-state index is -3.04. The number of thiol groups is 1. The van der Waals surface area contributed by atoms with Crippen LogP contribution in [0.5, 0.6) is 11.6 Å². The molecule has 2 aromatic rings. The van der Waals surface area contributed by atoms with Crippen molar-refractivity contribution < 1.29 is 13.2 Å². The topological polar surface area (TPSA) is 56.3 Å². The Morgan fingerprint density at radius 2 is 1.92 bits per heavy atom. The van der Waals surface area contributed by atoms with Crippen LogP contribution in [0.15, 0.2) is 36.4 Å². The van der Waals surface area contributed by atoms with Crippen molar-refractivity contribution in [2.75, 3.05) is 12.0 Å². The van der Waals surface area contributed by atoms with Gasteiger partial charge in [0.2, 0.25) is 5.88 Å². The van der Waals surface area contributed by atoms with Gasteiger partial charge in [0.1, 0.15) is 10.9 Å². The summed E-state index contributed by atoms with van der Waals surface area (Å²) < 4.78 is 29.8. The minimum Gasteiger partial charge on any atom is -0.439 e. The maximum atomic E-state index is 12.0. The second-order valence-corrected chi connectivity index (χ2v) is 13.2. The van der Waals surface area contributed by atoms with E-state index in [1.807, 2.05) is 0 Å². The highest BCUT2D eigenvalue weighted by Gasteiger charge is 2.32. The van der Waals surface area contributed by atoms with E-state index in [0.717, 1.165) is 24.2 Å². The average molecular weight is 406 g/mol. The summed E-state index contributed by atoms with van der Waals surface area (Å²) in [7, 11) is -4.14. The number of rotatable bonds is 4. The van der Waals surface area contributed by atoms with E-state index in [0.29, 0.717) is 21.8 Å². The summed E-state index contributed by atoms with van der Waals surface area (Å²) in [5.74, 6) is 1.69. The largest absolute Gasteiger partial charge is 0.439 e. The lowest BCUT2D eigenvalue weighted by Crippen LogP contribution is -2.04. The van der Waals surface area contributed by atoms with E-state index >= 15 is 0 Å². The van der Waals surface area contributed by atoms with Gasteiger partial charge in [0.05, 0.1) is 0 Å². The Bertz CT molecular complexity index is 841. The van der Waals surface area contributed by atoms with Crippen LogP contribution in [0.1, 0.15) is 23.7 Å². The summed E-state index contributed by atoms with van der Waals surface area (Å²) in [4.78, 5) is 4.18. The first kappa shape index (κ1) is 17.9. The van der Waals surface area contributed by atoms with E-state index in [4.69, 9.17) is 27.9 Å². The number of aromatic nitrogens is 1. The second kappa shape index (κ2) is 7.12. The Hall–Kier alpha value is -0.950. The lowest BCUT2D eigenvalue weighted by molar-refractivity contribution is 0.462. The van der Waals surface area contributed by atoms with E-state index in [2.05, 4.69) is 4.98 Å². The van der Waals surface area contributed by atoms with Gasteiger partial charge in [-0.15, -0.1) is 9.93 Å². The number of ether oxygens (including phenoxy) is 1. The molecule has 1 aromatic heterocycles. The third kappa shape index (κ3) is 4.17. The van der Waals surface area contributed by atoms with Crippen LogP contribution in [0.3, 0.4) is 0 Å². The smallest absolute Gasteiger partial charge is 0.220 e. The zero-order valence-corrected chi connectivity index (χ0v) is 16.2. The molecule has 2 atom stereocenters. The van der Waals surface area contributed by atoms with E-state index < -0.39 is 18.8 Å². The molecule has 3 rings (SSSR count). The van der Waals surface area contributed by atoms with Crippen molar-refractivity contribution in [2.24, 2.45) is 0 Å². The van der Waals surface area contributed by atoms with Crippen LogP contribution in [0.25, 0.3) is 0 Å². The standard InChI is InChI=1S/C16H17Cl2NO3S2/c1-24(20,21)23-8-2-3-14(23)11-9-15(18)19-16(10-11)22-13-6-4-12(17)5-7-13/h4-7,9-10,14,23H,2-3,8H2,1H3. The third-order valence-electron chi connectivity index (χ3n) is 3.84. The fourth-order valence-electron chi connectivity index (χ4n) is 2.83. The van der Waals surface area contributed by atoms with Gasteiger partial charge in [-0.25, -0.2) is 13.4 Å². The molecule has 2 heterocycles. The van der Waals surface area contributed by atoms with Crippen LogP contribution < -0.4 is 4.74 Å². The summed E-state index contributed by atoms with van der Waals surface area (Å²) in [6.45, 7) is 0. The van der Waals surface area contributed by atoms with Gasteiger partial charge in [-0.2, -0.15) is 0 Å². The number of pyridine rings is 1. The molecule has 1 fully saturated rings. The third-order valence-corrected chi connectivity index (χ3v) is 11.0. The maximum absolute atomic E-state index is 12.0. The van der Waals surface area contributed by atoms with Crippen LogP contribution in [0.2, 0.25) is 10.2 Å². The molecule has 0 bridgehead atoms. The molecule has 0 saturated carbocycles. The normalized spacial score (nSPS) is 22.5. The summed E-state index contributed by atoms with van der Waals surface area (Å²) in [5.41, 5.74) is 0.882. The molecule has 1 aliphatic heterocycles. The molecule has 1 aromatic carbocycles. The molecule has 0 radical (unpaired) electrons. The Kier molecular flexibility index (Phi) is 5.30. The quantitative estimate of drug-likeness (QED) is 0.442. The zero-order chi connectivity index (χ0) is 17.3. The summed E-state index contributed by atoms with van der Waals surface area (Å²) in [6.07, 6.45) is 3.08. The molecule has 0 N–H and O–H groups in total. The zero-order valence-electron chi connectivity index (χ0n) is 12.9. The first-order chi connectivity index (χ1) is 11.3. The van der Waals surface area contributed by atoms with Gasteiger partial charge in [-0.05, 0) is 54.5 Å². The molecule has 0 spiro atoms. The monoisotopic (exact) mass is 405 g/mol. The maximum Gasteiger partial charge on any atom is 0.220 e. The Morgan fingerprint density at radius 3 is 2.58 bits per heavy atom. The predicted octanol–water partition coefficient (Wildman–Crippen LogP) is 4.98. The number of hydrogen-bond donors (Lipinski definition) is 1. The van der Waals surface area contributed by atoms with Gasteiger partial charge in [-0.3, -0.25) is 0 Å². The molecule has 24 heavy (non-hydrogen) atoms.